The summed E-state index contributed by atoms with van der Waals surface area (Å²) in [7, 11) is 0. The van der Waals surface area contributed by atoms with E-state index in [1.165, 1.54) is 5.57 Å². The number of rotatable bonds is 6. The second-order valence-corrected chi connectivity index (χ2v) is 9.22. The SMILES string of the molecule is CC1=CC[C@H](C(C)(C)O[C@H]2O[C@H](COC(=O)c3cc(O)c(O)c(O)c3)[C@@H](O)[C@H](O)[C@H]2O)CC1. The first-order valence-electron chi connectivity index (χ1n) is 10.9. The Bertz CT molecular complexity index is 872. The summed E-state index contributed by atoms with van der Waals surface area (Å²) in [6.45, 7) is 5.32. The molecule has 6 N–H and O–H groups in total. The molecule has 1 saturated heterocycles. The van der Waals surface area contributed by atoms with E-state index in [1.54, 1.807) is 0 Å². The number of hydrogen-bond donors (Lipinski definition) is 6. The first kappa shape index (κ1) is 25.3. The summed E-state index contributed by atoms with van der Waals surface area (Å²) in [5, 5.41) is 59.5. The summed E-state index contributed by atoms with van der Waals surface area (Å²) in [6.07, 6.45) is -2.35. The molecular weight excluding hydrogens is 436 g/mol. The van der Waals surface area contributed by atoms with Crippen molar-refractivity contribution in [2.75, 3.05) is 6.61 Å². The number of aliphatic hydroxyl groups is 3. The smallest absolute Gasteiger partial charge is 0.338 e. The number of hydrogen-bond acceptors (Lipinski definition) is 10. The maximum absolute atomic E-state index is 12.3. The number of phenols is 3. The summed E-state index contributed by atoms with van der Waals surface area (Å²) >= 11 is 0. The van der Waals surface area contributed by atoms with E-state index in [-0.39, 0.29) is 11.5 Å². The van der Waals surface area contributed by atoms with Crippen molar-refractivity contribution in [2.45, 2.75) is 76.3 Å². The van der Waals surface area contributed by atoms with Crippen LogP contribution in [-0.4, -0.2) is 79.5 Å². The van der Waals surface area contributed by atoms with E-state index in [4.69, 9.17) is 14.2 Å². The minimum Gasteiger partial charge on any atom is -0.504 e. The molecule has 6 atom stereocenters. The van der Waals surface area contributed by atoms with E-state index in [0.717, 1.165) is 31.4 Å². The number of benzene rings is 1. The van der Waals surface area contributed by atoms with E-state index < -0.39 is 66.1 Å². The van der Waals surface area contributed by atoms with Gasteiger partial charge in [0, 0.05) is 0 Å². The van der Waals surface area contributed by atoms with Crippen LogP contribution in [-0.2, 0) is 14.2 Å². The molecule has 0 amide bonds. The Morgan fingerprint density at radius 3 is 2.30 bits per heavy atom. The second kappa shape index (κ2) is 9.86. The fourth-order valence-corrected chi connectivity index (χ4v) is 4.11. The van der Waals surface area contributed by atoms with Gasteiger partial charge in [-0.1, -0.05) is 11.6 Å². The second-order valence-electron chi connectivity index (χ2n) is 9.22. The highest BCUT2D eigenvalue weighted by Gasteiger charge is 2.47. The summed E-state index contributed by atoms with van der Waals surface area (Å²) in [5.74, 6) is -3.01. The standard InChI is InChI=1S/C23H32O10/c1-11-4-6-13(7-5-11)23(2,3)33-22-20(29)19(28)18(27)16(32-22)10-31-21(30)12-8-14(24)17(26)15(25)9-12/h4,8-9,13,16,18-20,22,24-29H,5-7,10H2,1-3H3/t13-,16+,18+,19-,20+,22+/m0/s1. The molecule has 0 radical (unpaired) electrons. The molecule has 33 heavy (non-hydrogen) atoms. The molecule has 1 heterocycles. The zero-order valence-electron chi connectivity index (χ0n) is 18.8. The number of carbonyl (C=O) groups is 1. The number of aromatic hydroxyl groups is 3. The van der Waals surface area contributed by atoms with E-state index in [0.29, 0.717) is 0 Å². The number of esters is 1. The molecule has 0 unspecified atom stereocenters. The topological polar surface area (TPSA) is 166 Å². The highest BCUT2D eigenvalue weighted by atomic mass is 16.7. The van der Waals surface area contributed by atoms with Gasteiger partial charge in [0.15, 0.2) is 23.5 Å². The Balaban J connectivity index is 1.66. The van der Waals surface area contributed by atoms with Gasteiger partial charge in [0.1, 0.15) is 31.0 Å². The minimum atomic E-state index is -1.60. The molecule has 10 nitrogen and oxygen atoms in total. The van der Waals surface area contributed by atoms with Crippen LogP contribution in [0.15, 0.2) is 23.8 Å². The zero-order valence-corrected chi connectivity index (χ0v) is 18.8. The number of allylic oxidation sites excluding steroid dienone is 2. The van der Waals surface area contributed by atoms with Gasteiger partial charge in [0.05, 0.1) is 11.2 Å². The molecule has 1 aromatic rings. The first-order valence-corrected chi connectivity index (χ1v) is 10.9. The van der Waals surface area contributed by atoms with Crippen LogP contribution >= 0.6 is 0 Å². The Morgan fingerprint density at radius 1 is 1.09 bits per heavy atom. The molecule has 10 heteroatoms. The van der Waals surface area contributed by atoms with Gasteiger partial charge >= 0.3 is 5.97 Å². The van der Waals surface area contributed by atoms with E-state index >= 15 is 0 Å². The van der Waals surface area contributed by atoms with Gasteiger partial charge in [0.2, 0.25) is 0 Å². The number of ether oxygens (including phenoxy) is 3. The third-order valence-corrected chi connectivity index (χ3v) is 6.39. The zero-order chi connectivity index (χ0) is 24.5. The van der Waals surface area contributed by atoms with E-state index in [1.807, 2.05) is 13.8 Å². The fourth-order valence-electron chi connectivity index (χ4n) is 4.11. The Morgan fingerprint density at radius 2 is 1.73 bits per heavy atom. The van der Waals surface area contributed by atoms with Gasteiger partial charge in [-0.3, -0.25) is 0 Å². The quantitative estimate of drug-likeness (QED) is 0.204. The third-order valence-electron chi connectivity index (χ3n) is 6.39. The highest BCUT2D eigenvalue weighted by molar-refractivity contribution is 5.91. The lowest BCUT2D eigenvalue weighted by Crippen LogP contribution is -2.61. The lowest BCUT2D eigenvalue weighted by Gasteiger charge is -2.45. The van der Waals surface area contributed by atoms with Gasteiger partial charge in [-0.05, 0) is 58.1 Å². The molecule has 1 aliphatic heterocycles. The van der Waals surface area contributed by atoms with Gasteiger partial charge < -0.3 is 44.8 Å². The highest BCUT2D eigenvalue weighted by Crippen LogP contribution is 2.37. The molecule has 0 spiro atoms. The maximum Gasteiger partial charge on any atom is 0.338 e. The van der Waals surface area contributed by atoms with Crippen molar-refractivity contribution < 1.29 is 49.6 Å². The fraction of sp³-hybridized carbons (Fsp3) is 0.609. The molecule has 1 aliphatic carbocycles. The lowest BCUT2D eigenvalue weighted by atomic mass is 9.79. The van der Waals surface area contributed by atoms with Crippen LogP contribution in [0.25, 0.3) is 0 Å². The number of carbonyl (C=O) groups excluding carboxylic acids is 1. The van der Waals surface area contributed by atoms with Crippen LogP contribution in [0.5, 0.6) is 17.2 Å². The van der Waals surface area contributed by atoms with E-state index in [9.17, 15) is 35.4 Å². The predicted octanol–water partition coefficient (Wildman–Crippen LogP) is 1.31. The molecule has 3 rings (SSSR count). The molecule has 184 valence electrons. The van der Waals surface area contributed by atoms with Crippen LogP contribution < -0.4 is 0 Å². The van der Waals surface area contributed by atoms with Crippen molar-refractivity contribution in [3.05, 3.63) is 29.3 Å². The maximum atomic E-state index is 12.3. The molecule has 0 aromatic heterocycles. The van der Waals surface area contributed by atoms with Gasteiger partial charge in [0.25, 0.3) is 0 Å². The Kier molecular flexibility index (Phi) is 7.55. The molecule has 1 aromatic carbocycles. The summed E-state index contributed by atoms with van der Waals surface area (Å²) in [6, 6.07) is 1.81. The van der Waals surface area contributed by atoms with Crippen LogP contribution in [0.3, 0.4) is 0 Å². The number of phenolic OH excluding ortho intramolecular Hbond substituents is 3. The summed E-state index contributed by atoms with van der Waals surface area (Å²) in [5.41, 5.74) is 0.364. The Hall–Kier alpha value is -2.37. The van der Waals surface area contributed by atoms with Gasteiger partial charge in [-0.2, -0.15) is 0 Å². The molecule has 1 fully saturated rings. The average molecular weight is 468 g/mol. The number of aliphatic hydroxyl groups excluding tert-OH is 3. The lowest BCUT2D eigenvalue weighted by molar-refractivity contribution is -0.328. The minimum absolute atomic E-state index is 0.159. The first-order chi connectivity index (χ1) is 15.4. The van der Waals surface area contributed by atoms with Crippen molar-refractivity contribution in [1.82, 2.24) is 0 Å². The normalized spacial score (nSPS) is 30.5. The van der Waals surface area contributed by atoms with Crippen molar-refractivity contribution in [2.24, 2.45) is 5.92 Å². The monoisotopic (exact) mass is 468 g/mol. The van der Waals surface area contributed by atoms with Crippen molar-refractivity contribution in [3.63, 3.8) is 0 Å². The van der Waals surface area contributed by atoms with Crippen LogP contribution in [0.1, 0.15) is 50.4 Å². The average Bonchev–Trinajstić information content (AvgIpc) is 2.76. The van der Waals surface area contributed by atoms with E-state index in [2.05, 4.69) is 13.0 Å². The summed E-state index contributed by atoms with van der Waals surface area (Å²) < 4.78 is 16.8. The van der Waals surface area contributed by atoms with Crippen molar-refractivity contribution in [3.8, 4) is 17.2 Å². The van der Waals surface area contributed by atoms with Crippen molar-refractivity contribution in [1.29, 1.82) is 0 Å². The van der Waals surface area contributed by atoms with Crippen LogP contribution in [0, 0.1) is 5.92 Å². The van der Waals surface area contributed by atoms with Gasteiger partial charge in [-0.15, -0.1) is 0 Å². The molecule has 0 saturated carbocycles. The largest absolute Gasteiger partial charge is 0.504 e. The third kappa shape index (κ3) is 5.59. The van der Waals surface area contributed by atoms with Crippen molar-refractivity contribution >= 4 is 5.97 Å². The summed E-state index contributed by atoms with van der Waals surface area (Å²) in [4.78, 5) is 12.3. The van der Waals surface area contributed by atoms with Crippen LogP contribution in [0.4, 0.5) is 0 Å². The molecular formula is C23H32O10. The molecule has 2 aliphatic rings. The Labute approximate surface area is 191 Å². The van der Waals surface area contributed by atoms with Crippen LogP contribution in [0.2, 0.25) is 0 Å². The van der Waals surface area contributed by atoms with Gasteiger partial charge in [-0.25, -0.2) is 4.79 Å². The predicted molar refractivity (Wildman–Crippen MR) is 115 cm³/mol. The molecule has 0 bridgehead atoms.